The molecule has 0 aliphatic rings. The standard InChI is InChI=1S/C14H17N3OS2/c1-11(7-8-12-5-3-2-4-6-12)16-13(18)9-19-14-17-15-10-20-14/h2-6,10-11H,7-9H2,1H3,(H,16,18). The van der Waals surface area contributed by atoms with Crippen molar-refractivity contribution in [3.05, 3.63) is 41.4 Å². The van der Waals surface area contributed by atoms with Crippen molar-refractivity contribution in [2.45, 2.75) is 30.1 Å². The number of aromatic nitrogens is 2. The zero-order chi connectivity index (χ0) is 14.2. The molecule has 2 rings (SSSR count). The van der Waals surface area contributed by atoms with Gasteiger partial charge in [-0.25, -0.2) is 0 Å². The van der Waals surface area contributed by atoms with Gasteiger partial charge in [-0.15, -0.1) is 10.2 Å². The summed E-state index contributed by atoms with van der Waals surface area (Å²) in [6.07, 6.45) is 1.92. The summed E-state index contributed by atoms with van der Waals surface area (Å²) in [6.45, 7) is 2.04. The van der Waals surface area contributed by atoms with Crippen LogP contribution in [0.4, 0.5) is 0 Å². The van der Waals surface area contributed by atoms with Crippen molar-refractivity contribution in [1.82, 2.24) is 15.5 Å². The maximum absolute atomic E-state index is 11.8. The van der Waals surface area contributed by atoms with Gasteiger partial charge in [0.1, 0.15) is 5.51 Å². The number of thioether (sulfide) groups is 1. The van der Waals surface area contributed by atoms with E-state index in [4.69, 9.17) is 0 Å². The summed E-state index contributed by atoms with van der Waals surface area (Å²) in [5, 5.41) is 10.6. The molecule has 6 heteroatoms. The first kappa shape index (κ1) is 15.0. The molecular weight excluding hydrogens is 290 g/mol. The first-order valence-electron chi connectivity index (χ1n) is 6.46. The van der Waals surface area contributed by atoms with Gasteiger partial charge in [0.15, 0.2) is 4.34 Å². The van der Waals surface area contributed by atoms with Crippen LogP contribution in [0.5, 0.6) is 0 Å². The predicted octanol–water partition coefficient (Wildman–Crippen LogP) is 2.77. The van der Waals surface area contributed by atoms with Crippen molar-refractivity contribution in [3.63, 3.8) is 0 Å². The monoisotopic (exact) mass is 307 g/mol. The van der Waals surface area contributed by atoms with Crippen LogP contribution in [0, 0.1) is 0 Å². The quantitative estimate of drug-likeness (QED) is 0.799. The van der Waals surface area contributed by atoms with E-state index in [0.717, 1.165) is 17.2 Å². The van der Waals surface area contributed by atoms with E-state index in [-0.39, 0.29) is 11.9 Å². The van der Waals surface area contributed by atoms with Crippen LogP contribution >= 0.6 is 23.1 Å². The van der Waals surface area contributed by atoms with Crippen LogP contribution in [-0.2, 0) is 11.2 Å². The summed E-state index contributed by atoms with van der Waals surface area (Å²) in [5.41, 5.74) is 2.97. The maximum Gasteiger partial charge on any atom is 0.230 e. The largest absolute Gasteiger partial charge is 0.353 e. The van der Waals surface area contributed by atoms with Crippen LogP contribution < -0.4 is 5.32 Å². The van der Waals surface area contributed by atoms with Crippen LogP contribution in [0.3, 0.4) is 0 Å². The second kappa shape index (κ2) is 8.01. The summed E-state index contributed by atoms with van der Waals surface area (Å²) < 4.78 is 0.831. The zero-order valence-corrected chi connectivity index (χ0v) is 12.9. The number of carbonyl (C=O) groups is 1. The molecule has 1 atom stereocenters. The Morgan fingerprint density at radius 2 is 2.20 bits per heavy atom. The van der Waals surface area contributed by atoms with Gasteiger partial charge in [0.05, 0.1) is 5.75 Å². The smallest absolute Gasteiger partial charge is 0.230 e. The van der Waals surface area contributed by atoms with E-state index in [2.05, 4.69) is 27.6 Å². The van der Waals surface area contributed by atoms with E-state index in [1.54, 1.807) is 5.51 Å². The Morgan fingerprint density at radius 1 is 1.40 bits per heavy atom. The summed E-state index contributed by atoms with van der Waals surface area (Å²) in [7, 11) is 0. The van der Waals surface area contributed by atoms with Gasteiger partial charge in [-0.05, 0) is 25.3 Å². The number of nitrogens with one attached hydrogen (secondary N) is 1. The fourth-order valence-electron chi connectivity index (χ4n) is 1.77. The number of aryl methyl sites for hydroxylation is 1. The lowest BCUT2D eigenvalue weighted by molar-refractivity contribution is -0.119. The summed E-state index contributed by atoms with van der Waals surface area (Å²) in [4.78, 5) is 11.8. The van der Waals surface area contributed by atoms with E-state index < -0.39 is 0 Å². The fourth-order valence-corrected chi connectivity index (χ4v) is 3.07. The second-order valence-corrected chi connectivity index (χ2v) is 6.54. The highest BCUT2D eigenvalue weighted by Gasteiger charge is 2.09. The zero-order valence-electron chi connectivity index (χ0n) is 11.3. The normalized spacial score (nSPS) is 12.1. The van der Waals surface area contributed by atoms with Crippen molar-refractivity contribution in [2.24, 2.45) is 0 Å². The van der Waals surface area contributed by atoms with E-state index >= 15 is 0 Å². The molecule has 0 saturated heterocycles. The SMILES string of the molecule is CC(CCc1ccccc1)NC(=O)CSc1nncs1. The Kier molecular flexibility index (Phi) is 6.01. The van der Waals surface area contributed by atoms with Crippen LogP contribution in [0.15, 0.2) is 40.2 Å². The third-order valence-corrected chi connectivity index (χ3v) is 4.64. The third kappa shape index (κ3) is 5.30. The predicted molar refractivity (Wildman–Crippen MR) is 83.0 cm³/mol. The maximum atomic E-state index is 11.8. The van der Waals surface area contributed by atoms with Gasteiger partial charge < -0.3 is 5.32 Å². The van der Waals surface area contributed by atoms with Gasteiger partial charge in [-0.3, -0.25) is 4.79 Å². The number of carbonyl (C=O) groups excluding carboxylic acids is 1. The first-order chi connectivity index (χ1) is 9.74. The molecule has 1 aromatic carbocycles. The highest BCUT2D eigenvalue weighted by atomic mass is 32.2. The summed E-state index contributed by atoms with van der Waals surface area (Å²) in [5.74, 6) is 0.441. The second-order valence-electron chi connectivity index (χ2n) is 4.49. The molecule has 106 valence electrons. The first-order valence-corrected chi connectivity index (χ1v) is 8.33. The van der Waals surface area contributed by atoms with Gasteiger partial charge in [-0.2, -0.15) is 0 Å². The minimum atomic E-state index is 0.0470. The lowest BCUT2D eigenvalue weighted by Crippen LogP contribution is -2.34. The number of rotatable bonds is 7. The molecule has 0 aliphatic carbocycles. The Morgan fingerprint density at radius 3 is 2.90 bits per heavy atom. The molecule has 1 N–H and O–H groups in total. The topological polar surface area (TPSA) is 54.9 Å². The number of benzene rings is 1. The van der Waals surface area contributed by atoms with Gasteiger partial charge >= 0.3 is 0 Å². The van der Waals surface area contributed by atoms with Gasteiger partial charge in [-0.1, -0.05) is 53.4 Å². The lowest BCUT2D eigenvalue weighted by Gasteiger charge is -2.13. The fraction of sp³-hybridized carbons (Fsp3) is 0.357. The number of hydrogen-bond acceptors (Lipinski definition) is 5. The molecule has 0 radical (unpaired) electrons. The van der Waals surface area contributed by atoms with Crippen LogP contribution in [0.1, 0.15) is 18.9 Å². The molecule has 0 aliphatic heterocycles. The molecular formula is C14H17N3OS2. The van der Waals surface area contributed by atoms with Crippen molar-refractivity contribution < 1.29 is 4.79 Å². The summed E-state index contributed by atoms with van der Waals surface area (Å²) in [6, 6.07) is 10.5. The molecule has 20 heavy (non-hydrogen) atoms. The molecule has 1 unspecified atom stereocenters. The summed E-state index contributed by atoms with van der Waals surface area (Å²) >= 11 is 2.88. The van der Waals surface area contributed by atoms with E-state index in [9.17, 15) is 4.79 Å². The number of hydrogen-bond donors (Lipinski definition) is 1. The van der Waals surface area contributed by atoms with Crippen LogP contribution in [0.2, 0.25) is 0 Å². The average Bonchev–Trinajstić information content (AvgIpc) is 2.97. The molecule has 1 heterocycles. The molecule has 2 aromatic rings. The van der Waals surface area contributed by atoms with Crippen LogP contribution in [-0.4, -0.2) is 27.9 Å². The van der Waals surface area contributed by atoms with E-state index in [0.29, 0.717) is 5.75 Å². The van der Waals surface area contributed by atoms with Crippen molar-refractivity contribution in [3.8, 4) is 0 Å². The van der Waals surface area contributed by atoms with Gasteiger partial charge in [0.25, 0.3) is 0 Å². The van der Waals surface area contributed by atoms with E-state index in [1.165, 1.54) is 28.7 Å². The molecule has 0 fully saturated rings. The molecule has 1 aromatic heterocycles. The minimum Gasteiger partial charge on any atom is -0.353 e. The van der Waals surface area contributed by atoms with Crippen LogP contribution in [0.25, 0.3) is 0 Å². The Bertz CT molecular complexity index is 516. The Hall–Kier alpha value is -1.40. The number of nitrogens with zero attached hydrogens (tertiary/aromatic N) is 2. The Labute approximate surface area is 127 Å². The van der Waals surface area contributed by atoms with Crippen molar-refractivity contribution in [1.29, 1.82) is 0 Å². The molecule has 0 spiro atoms. The molecule has 0 saturated carbocycles. The molecule has 1 amide bonds. The minimum absolute atomic E-state index is 0.0470. The highest BCUT2D eigenvalue weighted by molar-refractivity contribution is 8.01. The average molecular weight is 307 g/mol. The lowest BCUT2D eigenvalue weighted by atomic mass is 10.1. The van der Waals surface area contributed by atoms with Gasteiger partial charge in [0.2, 0.25) is 5.91 Å². The molecule has 4 nitrogen and oxygen atoms in total. The van der Waals surface area contributed by atoms with E-state index in [1.807, 2.05) is 25.1 Å². The highest BCUT2D eigenvalue weighted by Crippen LogP contribution is 2.18. The molecule has 0 bridgehead atoms. The Balaban J connectivity index is 1.66. The van der Waals surface area contributed by atoms with Crippen molar-refractivity contribution >= 4 is 29.0 Å². The van der Waals surface area contributed by atoms with Gasteiger partial charge in [0, 0.05) is 6.04 Å². The third-order valence-electron chi connectivity index (χ3n) is 2.78. The van der Waals surface area contributed by atoms with Crippen molar-refractivity contribution in [2.75, 3.05) is 5.75 Å². The number of amides is 1.